The fourth-order valence-corrected chi connectivity index (χ4v) is 4.39. The number of hydrogen-bond donors (Lipinski definition) is 1. The molecule has 0 radical (unpaired) electrons. The summed E-state index contributed by atoms with van der Waals surface area (Å²) in [5.41, 5.74) is 2.36. The van der Waals surface area contributed by atoms with Gasteiger partial charge in [0.05, 0.1) is 15.5 Å². The first-order valence-corrected chi connectivity index (χ1v) is 9.23. The maximum absolute atomic E-state index is 12.3. The third-order valence-corrected chi connectivity index (χ3v) is 5.76. The summed E-state index contributed by atoms with van der Waals surface area (Å²) in [7, 11) is 0. The third-order valence-electron chi connectivity index (χ3n) is 3.30. The van der Waals surface area contributed by atoms with E-state index in [1.54, 1.807) is 35.6 Å². The molecule has 0 saturated heterocycles. The standard InChI is InChI=1S/C18H13ClN2OS2/c1-3-12-4-7-14(8-5-12)20-17(22)11(2)23-18-21-15-10-13(19)6-9-16(15)24-18/h1,4-11H,2H3,(H,20,22). The number of halogens is 1. The first kappa shape index (κ1) is 16.8. The summed E-state index contributed by atoms with van der Waals surface area (Å²) in [5.74, 6) is 2.47. The Balaban J connectivity index is 1.67. The lowest BCUT2D eigenvalue weighted by atomic mass is 10.2. The number of terminal acetylenes is 1. The van der Waals surface area contributed by atoms with Gasteiger partial charge < -0.3 is 5.32 Å². The number of aromatic nitrogens is 1. The van der Waals surface area contributed by atoms with Crippen LogP contribution in [0.5, 0.6) is 0 Å². The summed E-state index contributed by atoms with van der Waals surface area (Å²) in [6.45, 7) is 1.86. The van der Waals surface area contributed by atoms with E-state index in [9.17, 15) is 4.79 Å². The van der Waals surface area contributed by atoms with E-state index in [4.69, 9.17) is 18.0 Å². The van der Waals surface area contributed by atoms with Gasteiger partial charge in [-0.2, -0.15) is 0 Å². The zero-order chi connectivity index (χ0) is 17.1. The largest absolute Gasteiger partial charge is 0.325 e. The minimum atomic E-state index is -0.270. The van der Waals surface area contributed by atoms with Crippen LogP contribution in [0.25, 0.3) is 10.2 Å². The molecule has 1 unspecified atom stereocenters. The summed E-state index contributed by atoms with van der Waals surface area (Å²) in [5, 5.41) is 3.27. The number of amides is 1. The highest BCUT2D eigenvalue weighted by Gasteiger charge is 2.17. The van der Waals surface area contributed by atoms with Crippen LogP contribution >= 0.6 is 34.7 Å². The molecule has 3 aromatic rings. The molecule has 120 valence electrons. The highest BCUT2D eigenvalue weighted by Crippen LogP contribution is 2.33. The quantitative estimate of drug-likeness (QED) is 0.514. The predicted molar refractivity (Wildman–Crippen MR) is 103 cm³/mol. The van der Waals surface area contributed by atoms with Crippen molar-refractivity contribution in [3.63, 3.8) is 0 Å². The zero-order valence-corrected chi connectivity index (χ0v) is 15.1. The van der Waals surface area contributed by atoms with Crippen molar-refractivity contribution in [1.82, 2.24) is 4.98 Å². The Hall–Kier alpha value is -2.00. The molecule has 2 aromatic carbocycles. The second kappa shape index (κ2) is 7.27. The van der Waals surface area contributed by atoms with Crippen LogP contribution in [0.4, 0.5) is 5.69 Å². The molecular formula is C18H13ClN2OS2. The highest BCUT2D eigenvalue weighted by molar-refractivity contribution is 8.02. The number of thioether (sulfide) groups is 1. The molecule has 3 rings (SSSR count). The van der Waals surface area contributed by atoms with Crippen LogP contribution in [-0.2, 0) is 4.79 Å². The molecule has 1 atom stereocenters. The lowest BCUT2D eigenvalue weighted by Crippen LogP contribution is -2.22. The van der Waals surface area contributed by atoms with Gasteiger partial charge >= 0.3 is 0 Å². The molecule has 3 nitrogen and oxygen atoms in total. The fourth-order valence-electron chi connectivity index (χ4n) is 2.03. The van der Waals surface area contributed by atoms with Crippen LogP contribution in [0.2, 0.25) is 5.02 Å². The maximum Gasteiger partial charge on any atom is 0.237 e. The van der Waals surface area contributed by atoms with Crippen molar-refractivity contribution in [3.8, 4) is 12.3 Å². The number of carbonyl (C=O) groups is 1. The second-order valence-electron chi connectivity index (χ2n) is 5.06. The number of thiazole rings is 1. The van der Waals surface area contributed by atoms with E-state index in [1.165, 1.54) is 11.8 Å². The molecule has 0 bridgehead atoms. The molecule has 1 aromatic heterocycles. The number of benzene rings is 2. The average Bonchev–Trinajstić information content (AvgIpc) is 2.96. The lowest BCUT2D eigenvalue weighted by Gasteiger charge is -2.10. The van der Waals surface area contributed by atoms with Gasteiger partial charge in [-0.25, -0.2) is 4.98 Å². The minimum absolute atomic E-state index is 0.0780. The third kappa shape index (κ3) is 3.90. The molecule has 0 saturated carbocycles. The Morgan fingerprint density at radius 2 is 2.08 bits per heavy atom. The summed E-state index contributed by atoms with van der Waals surface area (Å²) in [6.07, 6.45) is 5.32. The summed E-state index contributed by atoms with van der Waals surface area (Å²) in [4.78, 5) is 16.8. The monoisotopic (exact) mass is 372 g/mol. The number of nitrogens with one attached hydrogen (secondary N) is 1. The van der Waals surface area contributed by atoms with Gasteiger partial charge in [-0.15, -0.1) is 17.8 Å². The molecule has 0 aliphatic carbocycles. The molecule has 0 aliphatic heterocycles. The van der Waals surface area contributed by atoms with Crippen molar-refractivity contribution in [2.24, 2.45) is 0 Å². The van der Waals surface area contributed by atoms with Gasteiger partial charge in [-0.05, 0) is 49.4 Å². The lowest BCUT2D eigenvalue weighted by molar-refractivity contribution is -0.115. The average molecular weight is 373 g/mol. The first-order chi connectivity index (χ1) is 11.5. The molecule has 1 heterocycles. The summed E-state index contributed by atoms with van der Waals surface area (Å²) >= 11 is 8.96. The summed E-state index contributed by atoms with van der Waals surface area (Å²) in [6, 6.07) is 12.8. The summed E-state index contributed by atoms with van der Waals surface area (Å²) < 4.78 is 1.90. The highest BCUT2D eigenvalue weighted by atomic mass is 35.5. The number of nitrogens with zero attached hydrogens (tertiary/aromatic N) is 1. The number of hydrogen-bond acceptors (Lipinski definition) is 4. The molecular weight excluding hydrogens is 360 g/mol. The maximum atomic E-state index is 12.3. The van der Waals surface area contributed by atoms with E-state index >= 15 is 0 Å². The van der Waals surface area contributed by atoms with Crippen molar-refractivity contribution in [2.45, 2.75) is 16.5 Å². The zero-order valence-electron chi connectivity index (χ0n) is 12.7. The van der Waals surface area contributed by atoms with E-state index in [1.807, 2.05) is 25.1 Å². The van der Waals surface area contributed by atoms with Gasteiger partial charge in [-0.1, -0.05) is 29.3 Å². The molecule has 1 N–H and O–H groups in total. The van der Waals surface area contributed by atoms with E-state index < -0.39 is 0 Å². The Labute approximate surface area is 153 Å². The van der Waals surface area contributed by atoms with Gasteiger partial charge in [0.25, 0.3) is 0 Å². The van der Waals surface area contributed by atoms with Crippen LogP contribution < -0.4 is 5.32 Å². The normalized spacial score (nSPS) is 11.9. The molecule has 1 amide bonds. The Kier molecular flexibility index (Phi) is 5.10. The van der Waals surface area contributed by atoms with Crippen LogP contribution in [0.3, 0.4) is 0 Å². The molecule has 24 heavy (non-hydrogen) atoms. The predicted octanol–water partition coefficient (Wildman–Crippen LogP) is 5.05. The van der Waals surface area contributed by atoms with Crippen LogP contribution in [-0.4, -0.2) is 16.1 Å². The Morgan fingerprint density at radius 3 is 2.79 bits per heavy atom. The van der Waals surface area contributed by atoms with Crippen LogP contribution in [0.1, 0.15) is 12.5 Å². The molecule has 0 aliphatic rings. The Morgan fingerprint density at radius 1 is 1.33 bits per heavy atom. The van der Waals surface area contributed by atoms with Gasteiger partial charge in [0.1, 0.15) is 0 Å². The van der Waals surface area contributed by atoms with Gasteiger partial charge in [0.15, 0.2) is 4.34 Å². The van der Waals surface area contributed by atoms with E-state index in [-0.39, 0.29) is 11.2 Å². The van der Waals surface area contributed by atoms with Crippen LogP contribution in [0.15, 0.2) is 46.8 Å². The van der Waals surface area contributed by atoms with Crippen molar-refractivity contribution in [2.75, 3.05) is 5.32 Å². The number of fused-ring (bicyclic) bond motifs is 1. The van der Waals surface area contributed by atoms with Gasteiger partial charge in [0.2, 0.25) is 5.91 Å². The van der Waals surface area contributed by atoms with Crippen LogP contribution in [0, 0.1) is 12.3 Å². The smallest absolute Gasteiger partial charge is 0.237 e. The van der Waals surface area contributed by atoms with E-state index in [0.29, 0.717) is 5.02 Å². The Bertz CT molecular complexity index is 928. The molecule has 6 heteroatoms. The second-order valence-corrected chi connectivity index (χ2v) is 8.12. The molecule has 0 fully saturated rings. The van der Waals surface area contributed by atoms with Gasteiger partial charge in [-0.3, -0.25) is 4.79 Å². The van der Waals surface area contributed by atoms with E-state index in [2.05, 4.69) is 16.2 Å². The first-order valence-electron chi connectivity index (χ1n) is 7.15. The van der Waals surface area contributed by atoms with Crippen molar-refractivity contribution in [1.29, 1.82) is 0 Å². The van der Waals surface area contributed by atoms with Crippen molar-refractivity contribution in [3.05, 3.63) is 53.1 Å². The SMILES string of the molecule is C#Cc1ccc(NC(=O)C(C)Sc2nc3cc(Cl)ccc3s2)cc1. The van der Waals surface area contributed by atoms with Crippen molar-refractivity contribution < 1.29 is 4.79 Å². The number of rotatable bonds is 4. The van der Waals surface area contributed by atoms with Gasteiger partial charge in [0, 0.05) is 16.3 Å². The molecule has 0 spiro atoms. The van der Waals surface area contributed by atoms with E-state index in [0.717, 1.165) is 25.8 Å². The minimum Gasteiger partial charge on any atom is -0.325 e. The number of carbonyl (C=O) groups excluding carboxylic acids is 1. The number of anilines is 1. The van der Waals surface area contributed by atoms with Crippen molar-refractivity contribution >= 4 is 56.5 Å². The topological polar surface area (TPSA) is 42.0 Å². The fraction of sp³-hybridized carbons (Fsp3) is 0.111.